The second kappa shape index (κ2) is 2.65. The molecule has 4 nitrogen and oxygen atoms in total. The van der Waals surface area contributed by atoms with E-state index in [2.05, 4.69) is 17.3 Å². The second-order valence-electron chi connectivity index (χ2n) is 4.27. The molecule has 2 rings (SSSR count). The summed E-state index contributed by atoms with van der Waals surface area (Å²) in [6.45, 7) is 3.26. The summed E-state index contributed by atoms with van der Waals surface area (Å²) in [5.74, 6) is 0.815. The van der Waals surface area contributed by atoms with Gasteiger partial charge < -0.3 is 11.1 Å². The fourth-order valence-corrected chi connectivity index (χ4v) is 1.33. The summed E-state index contributed by atoms with van der Waals surface area (Å²) in [5.41, 5.74) is 6.96. The first-order valence-electron chi connectivity index (χ1n) is 4.62. The van der Waals surface area contributed by atoms with E-state index in [-0.39, 0.29) is 0 Å². The van der Waals surface area contributed by atoms with Gasteiger partial charge in [-0.05, 0) is 18.3 Å². The van der Waals surface area contributed by atoms with Gasteiger partial charge in [-0.3, -0.25) is 4.68 Å². The summed E-state index contributed by atoms with van der Waals surface area (Å²) >= 11 is 0. The van der Waals surface area contributed by atoms with Crippen LogP contribution in [0.15, 0.2) is 6.20 Å². The molecular formula is C9H16N4. The molecule has 0 aliphatic heterocycles. The van der Waals surface area contributed by atoms with Crippen LogP contribution in [0.1, 0.15) is 19.8 Å². The number of nitrogens with zero attached hydrogens (tertiary/aromatic N) is 2. The molecule has 4 heteroatoms. The maximum absolute atomic E-state index is 5.75. The van der Waals surface area contributed by atoms with Crippen LogP contribution in [-0.2, 0) is 7.05 Å². The Morgan fingerprint density at radius 3 is 2.85 bits per heavy atom. The first kappa shape index (κ1) is 8.41. The minimum absolute atomic E-state index is 0.490. The van der Waals surface area contributed by atoms with Crippen LogP contribution in [0.2, 0.25) is 0 Å². The maximum atomic E-state index is 5.75. The van der Waals surface area contributed by atoms with Crippen LogP contribution in [0.25, 0.3) is 0 Å². The first-order valence-corrected chi connectivity index (χ1v) is 4.62. The van der Waals surface area contributed by atoms with Gasteiger partial charge in [-0.15, -0.1) is 0 Å². The van der Waals surface area contributed by atoms with E-state index in [1.807, 2.05) is 13.2 Å². The molecule has 1 aliphatic carbocycles. The van der Waals surface area contributed by atoms with Gasteiger partial charge >= 0.3 is 0 Å². The number of nitrogens with one attached hydrogen (secondary N) is 1. The van der Waals surface area contributed by atoms with Gasteiger partial charge in [0, 0.05) is 19.8 Å². The third kappa shape index (κ3) is 1.76. The molecule has 0 radical (unpaired) electrons. The Balaban J connectivity index is 1.97. The predicted molar refractivity (Wildman–Crippen MR) is 53.5 cm³/mol. The maximum Gasteiger partial charge on any atom is 0.171 e. The van der Waals surface area contributed by atoms with Crippen LogP contribution in [0, 0.1) is 5.41 Å². The van der Waals surface area contributed by atoms with Gasteiger partial charge in [-0.2, -0.15) is 5.10 Å². The molecule has 72 valence electrons. The van der Waals surface area contributed by atoms with Gasteiger partial charge in [0.25, 0.3) is 0 Å². The Morgan fingerprint density at radius 1 is 1.69 bits per heavy atom. The number of nitrogen functional groups attached to an aromatic ring is 1. The van der Waals surface area contributed by atoms with Gasteiger partial charge in [0.2, 0.25) is 0 Å². The van der Waals surface area contributed by atoms with E-state index >= 15 is 0 Å². The van der Waals surface area contributed by atoms with E-state index < -0.39 is 0 Å². The number of hydrogen-bond acceptors (Lipinski definition) is 3. The molecule has 3 N–H and O–H groups in total. The summed E-state index contributed by atoms with van der Waals surface area (Å²) < 4.78 is 1.73. The van der Waals surface area contributed by atoms with Crippen LogP contribution in [0.3, 0.4) is 0 Å². The number of rotatable bonds is 3. The van der Waals surface area contributed by atoms with E-state index in [0.29, 0.717) is 5.41 Å². The smallest absolute Gasteiger partial charge is 0.171 e. The lowest BCUT2D eigenvalue weighted by molar-refractivity contribution is 0.608. The zero-order chi connectivity index (χ0) is 9.47. The van der Waals surface area contributed by atoms with Crippen LogP contribution in [-0.4, -0.2) is 16.3 Å². The zero-order valence-electron chi connectivity index (χ0n) is 8.17. The Kier molecular flexibility index (Phi) is 1.71. The van der Waals surface area contributed by atoms with Gasteiger partial charge in [-0.1, -0.05) is 6.92 Å². The van der Waals surface area contributed by atoms with Crippen LogP contribution in [0.5, 0.6) is 0 Å². The normalized spacial score (nSPS) is 18.6. The lowest BCUT2D eigenvalue weighted by Crippen LogP contribution is -2.13. The molecule has 1 heterocycles. The molecule has 1 fully saturated rings. The fourth-order valence-electron chi connectivity index (χ4n) is 1.33. The molecule has 0 amide bonds. The summed E-state index contributed by atoms with van der Waals surface area (Å²) in [5, 5.41) is 7.50. The average molecular weight is 180 g/mol. The number of anilines is 2. The molecule has 0 unspecified atom stereocenters. The lowest BCUT2D eigenvalue weighted by atomic mass is 10.1. The SMILES string of the molecule is Cn1cc(N)c(NCC2(C)CC2)n1. The molecule has 1 aliphatic rings. The van der Waals surface area contributed by atoms with Crippen molar-refractivity contribution in [1.29, 1.82) is 0 Å². The van der Waals surface area contributed by atoms with Crippen molar-refractivity contribution in [2.75, 3.05) is 17.6 Å². The van der Waals surface area contributed by atoms with E-state index in [0.717, 1.165) is 18.1 Å². The number of hydrogen-bond donors (Lipinski definition) is 2. The number of aromatic nitrogens is 2. The summed E-state index contributed by atoms with van der Waals surface area (Å²) in [6, 6.07) is 0. The first-order chi connectivity index (χ1) is 6.09. The van der Waals surface area contributed by atoms with Crippen molar-refractivity contribution in [2.24, 2.45) is 12.5 Å². The Bertz CT molecular complexity index is 311. The zero-order valence-corrected chi connectivity index (χ0v) is 8.17. The predicted octanol–water partition coefficient (Wildman–Crippen LogP) is 1.21. The van der Waals surface area contributed by atoms with Gasteiger partial charge in [0.1, 0.15) is 0 Å². The third-order valence-electron chi connectivity index (χ3n) is 2.64. The monoisotopic (exact) mass is 180 g/mol. The van der Waals surface area contributed by atoms with Gasteiger partial charge in [0.15, 0.2) is 5.82 Å². The van der Waals surface area contributed by atoms with E-state index in [9.17, 15) is 0 Å². The number of nitrogens with two attached hydrogens (primary N) is 1. The van der Waals surface area contributed by atoms with Crippen molar-refractivity contribution >= 4 is 11.5 Å². The molecule has 0 saturated heterocycles. The van der Waals surface area contributed by atoms with Gasteiger partial charge in [-0.25, -0.2) is 0 Å². The highest BCUT2D eigenvalue weighted by Crippen LogP contribution is 2.44. The Labute approximate surface area is 78.1 Å². The Hall–Kier alpha value is -1.19. The van der Waals surface area contributed by atoms with Crippen LogP contribution >= 0.6 is 0 Å². The van der Waals surface area contributed by atoms with Crippen molar-refractivity contribution in [3.8, 4) is 0 Å². The molecule has 0 spiro atoms. The second-order valence-corrected chi connectivity index (χ2v) is 4.27. The molecule has 1 aromatic rings. The topological polar surface area (TPSA) is 55.9 Å². The van der Waals surface area contributed by atoms with Crippen LogP contribution < -0.4 is 11.1 Å². The van der Waals surface area contributed by atoms with Crippen molar-refractivity contribution in [1.82, 2.24) is 9.78 Å². The molecule has 13 heavy (non-hydrogen) atoms. The summed E-state index contributed by atoms with van der Waals surface area (Å²) in [4.78, 5) is 0. The van der Waals surface area contributed by atoms with Crippen molar-refractivity contribution in [3.63, 3.8) is 0 Å². The molecule has 1 aromatic heterocycles. The molecule has 0 aromatic carbocycles. The highest BCUT2D eigenvalue weighted by Gasteiger charge is 2.36. The minimum atomic E-state index is 0.490. The fraction of sp³-hybridized carbons (Fsp3) is 0.667. The quantitative estimate of drug-likeness (QED) is 0.735. The summed E-state index contributed by atoms with van der Waals surface area (Å²) in [7, 11) is 1.88. The van der Waals surface area contributed by atoms with Crippen LogP contribution in [0.4, 0.5) is 11.5 Å². The largest absolute Gasteiger partial charge is 0.394 e. The molecule has 0 bridgehead atoms. The molecule has 1 saturated carbocycles. The highest BCUT2D eigenvalue weighted by atomic mass is 15.3. The standard InChI is InChI=1S/C9H16N4/c1-9(3-4-9)6-11-8-7(10)5-13(2)12-8/h5H,3-4,6,10H2,1-2H3,(H,11,12). The van der Waals surface area contributed by atoms with Crippen molar-refractivity contribution in [2.45, 2.75) is 19.8 Å². The number of aryl methyl sites for hydroxylation is 1. The molecule has 0 atom stereocenters. The average Bonchev–Trinajstić information content (AvgIpc) is 2.69. The molecular weight excluding hydrogens is 164 g/mol. The minimum Gasteiger partial charge on any atom is -0.394 e. The Morgan fingerprint density at radius 2 is 2.38 bits per heavy atom. The van der Waals surface area contributed by atoms with E-state index in [1.165, 1.54) is 12.8 Å². The van der Waals surface area contributed by atoms with Crippen molar-refractivity contribution in [3.05, 3.63) is 6.20 Å². The lowest BCUT2D eigenvalue weighted by Gasteiger charge is -2.08. The summed E-state index contributed by atoms with van der Waals surface area (Å²) in [6.07, 6.45) is 4.44. The van der Waals surface area contributed by atoms with Crippen molar-refractivity contribution < 1.29 is 0 Å². The highest BCUT2D eigenvalue weighted by molar-refractivity contribution is 5.59. The van der Waals surface area contributed by atoms with E-state index in [4.69, 9.17) is 5.73 Å². The van der Waals surface area contributed by atoms with Gasteiger partial charge in [0.05, 0.1) is 5.69 Å². The third-order valence-corrected chi connectivity index (χ3v) is 2.64. The van der Waals surface area contributed by atoms with E-state index in [1.54, 1.807) is 4.68 Å².